The van der Waals surface area contributed by atoms with Crippen LogP contribution in [0.5, 0.6) is 0 Å². The molecular formula is C17H22O. The van der Waals surface area contributed by atoms with E-state index < -0.39 is 5.60 Å². The lowest BCUT2D eigenvalue weighted by Gasteiger charge is -2.38. The molecule has 0 bridgehead atoms. The molecule has 2 aliphatic carbocycles. The van der Waals surface area contributed by atoms with Crippen molar-refractivity contribution in [1.82, 2.24) is 0 Å². The number of hydrogen-bond donors (Lipinski definition) is 1. The Morgan fingerprint density at radius 1 is 1.28 bits per heavy atom. The molecule has 18 heavy (non-hydrogen) atoms. The Labute approximate surface area is 110 Å². The van der Waals surface area contributed by atoms with Crippen molar-refractivity contribution in [3.63, 3.8) is 0 Å². The largest absolute Gasteiger partial charge is 0.384 e. The standard InChI is InChI=1S/C17H22O/c1-2-3-12-16(15-10-6-4-7-11-15)17(18)13-8-5-9-14-17/h2,5,8-9,13,15-16,18H,1,4,6-7,10-11,14H2. The summed E-state index contributed by atoms with van der Waals surface area (Å²) < 4.78 is 0. The molecular weight excluding hydrogens is 220 g/mol. The SMILES string of the molecule is C=CC#CC(C1CCCCC1)C1(O)C=CC=CC1. The maximum Gasteiger partial charge on any atom is 0.100 e. The first-order chi connectivity index (χ1) is 8.76. The maximum absolute atomic E-state index is 10.8. The van der Waals surface area contributed by atoms with Gasteiger partial charge in [-0.1, -0.05) is 62.0 Å². The average molecular weight is 242 g/mol. The Hall–Kier alpha value is -1.26. The molecule has 1 nitrogen and oxygen atoms in total. The molecule has 2 atom stereocenters. The van der Waals surface area contributed by atoms with Crippen LogP contribution in [0.25, 0.3) is 0 Å². The molecule has 1 N–H and O–H groups in total. The monoisotopic (exact) mass is 242 g/mol. The van der Waals surface area contributed by atoms with Crippen LogP contribution in [0.2, 0.25) is 0 Å². The predicted molar refractivity (Wildman–Crippen MR) is 75.9 cm³/mol. The van der Waals surface area contributed by atoms with E-state index in [1.54, 1.807) is 6.08 Å². The Morgan fingerprint density at radius 3 is 2.67 bits per heavy atom. The topological polar surface area (TPSA) is 20.2 Å². The molecule has 0 spiro atoms. The smallest absolute Gasteiger partial charge is 0.100 e. The van der Waals surface area contributed by atoms with E-state index in [0.717, 1.165) is 0 Å². The van der Waals surface area contributed by atoms with Gasteiger partial charge < -0.3 is 5.11 Å². The molecule has 0 amide bonds. The first kappa shape index (κ1) is 13.2. The minimum absolute atomic E-state index is 0.0389. The van der Waals surface area contributed by atoms with Gasteiger partial charge in [0.2, 0.25) is 0 Å². The fourth-order valence-corrected chi connectivity index (χ4v) is 3.12. The van der Waals surface area contributed by atoms with Crippen LogP contribution in [0.4, 0.5) is 0 Å². The summed E-state index contributed by atoms with van der Waals surface area (Å²) in [7, 11) is 0. The van der Waals surface area contributed by atoms with Gasteiger partial charge in [-0.25, -0.2) is 0 Å². The van der Waals surface area contributed by atoms with Gasteiger partial charge in [0, 0.05) is 0 Å². The van der Waals surface area contributed by atoms with Gasteiger partial charge in [0.1, 0.15) is 5.60 Å². The van der Waals surface area contributed by atoms with Gasteiger partial charge in [0.05, 0.1) is 5.92 Å². The van der Waals surface area contributed by atoms with Crippen LogP contribution < -0.4 is 0 Å². The second kappa shape index (κ2) is 6.07. The van der Waals surface area contributed by atoms with Crippen molar-refractivity contribution >= 4 is 0 Å². The van der Waals surface area contributed by atoms with E-state index in [9.17, 15) is 5.11 Å². The first-order valence-electron chi connectivity index (χ1n) is 6.95. The maximum atomic E-state index is 10.8. The van der Waals surface area contributed by atoms with Gasteiger partial charge in [-0.2, -0.15) is 0 Å². The summed E-state index contributed by atoms with van der Waals surface area (Å²) in [5.74, 6) is 6.77. The van der Waals surface area contributed by atoms with Crippen molar-refractivity contribution in [2.45, 2.75) is 44.1 Å². The molecule has 1 saturated carbocycles. The van der Waals surface area contributed by atoms with Crippen LogP contribution in [0.15, 0.2) is 37.0 Å². The Morgan fingerprint density at radius 2 is 2.06 bits per heavy atom. The highest BCUT2D eigenvalue weighted by molar-refractivity contribution is 5.27. The lowest BCUT2D eigenvalue weighted by molar-refractivity contribution is 0.0202. The van der Waals surface area contributed by atoms with Crippen LogP contribution in [0, 0.1) is 23.7 Å². The summed E-state index contributed by atoms with van der Waals surface area (Å²) >= 11 is 0. The minimum Gasteiger partial charge on any atom is -0.384 e. The molecule has 0 aromatic rings. The van der Waals surface area contributed by atoms with Crippen LogP contribution in [-0.2, 0) is 0 Å². The quantitative estimate of drug-likeness (QED) is 0.733. The summed E-state index contributed by atoms with van der Waals surface area (Å²) in [5, 5.41) is 10.8. The molecule has 1 heteroatoms. The Bertz CT molecular complexity index is 401. The molecule has 0 radical (unpaired) electrons. The molecule has 2 unspecified atom stereocenters. The summed E-state index contributed by atoms with van der Waals surface area (Å²) in [5.41, 5.74) is -0.785. The van der Waals surface area contributed by atoms with Gasteiger partial charge in [0.15, 0.2) is 0 Å². The molecule has 2 aliphatic rings. The zero-order valence-corrected chi connectivity index (χ0v) is 10.9. The van der Waals surface area contributed by atoms with Crippen molar-refractivity contribution in [2.24, 2.45) is 11.8 Å². The summed E-state index contributed by atoms with van der Waals surface area (Å²) in [6.07, 6.45) is 16.4. The van der Waals surface area contributed by atoms with Gasteiger partial charge in [-0.15, -0.1) is 0 Å². The summed E-state index contributed by atoms with van der Waals surface area (Å²) in [4.78, 5) is 0. The molecule has 0 aliphatic heterocycles. The highest BCUT2D eigenvalue weighted by Crippen LogP contribution is 2.38. The number of allylic oxidation sites excluding steroid dienone is 3. The van der Waals surface area contributed by atoms with Crippen LogP contribution in [0.3, 0.4) is 0 Å². The third-order valence-corrected chi connectivity index (χ3v) is 4.08. The molecule has 2 rings (SSSR count). The Kier molecular flexibility index (Phi) is 4.44. The van der Waals surface area contributed by atoms with E-state index >= 15 is 0 Å². The predicted octanol–water partition coefficient (Wildman–Crippen LogP) is 3.62. The average Bonchev–Trinajstić information content (AvgIpc) is 2.41. The lowest BCUT2D eigenvalue weighted by atomic mass is 9.70. The highest BCUT2D eigenvalue weighted by atomic mass is 16.3. The van der Waals surface area contributed by atoms with E-state index in [0.29, 0.717) is 12.3 Å². The third kappa shape index (κ3) is 2.94. The fraction of sp³-hybridized carbons (Fsp3) is 0.529. The van der Waals surface area contributed by atoms with Crippen molar-refractivity contribution < 1.29 is 5.11 Å². The van der Waals surface area contributed by atoms with Gasteiger partial charge in [-0.05, 0) is 31.3 Å². The van der Waals surface area contributed by atoms with Crippen LogP contribution in [0.1, 0.15) is 38.5 Å². The van der Waals surface area contributed by atoms with E-state index in [1.807, 2.05) is 24.3 Å². The van der Waals surface area contributed by atoms with Crippen molar-refractivity contribution in [3.8, 4) is 11.8 Å². The van der Waals surface area contributed by atoms with Gasteiger partial charge >= 0.3 is 0 Å². The third-order valence-electron chi connectivity index (χ3n) is 4.08. The summed E-state index contributed by atoms with van der Waals surface area (Å²) in [6, 6.07) is 0. The van der Waals surface area contributed by atoms with Crippen LogP contribution in [-0.4, -0.2) is 10.7 Å². The molecule has 0 saturated heterocycles. The van der Waals surface area contributed by atoms with E-state index in [4.69, 9.17) is 0 Å². The molecule has 0 aromatic carbocycles. The minimum atomic E-state index is -0.785. The fourth-order valence-electron chi connectivity index (χ4n) is 3.12. The Balaban J connectivity index is 2.20. The van der Waals surface area contributed by atoms with Gasteiger partial charge in [-0.3, -0.25) is 0 Å². The first-order valence-corrected chi connectivity index (χ1v) is 6.95. The second-order valence-electron chi connectivity index (χ2n) is 5.35. The molecule has 0 heterocycles. The van der Waals surface area contributed by atoms with Crippen LogP contribution >= 0.6 is 0 Å². The zero-order valence-electron chi connectivity index (χ0n) is 10.9. The normalized spacial score (nSPS) is 29.4. The number of aliphatic hydroxyl groups is 1. The number of hydrogen-bond acceptors (Lipinski definition) is 1. The second-order valence-corrected chi connectivity index (χ2v) is 5.35. The summed E-state index contributed by atoms with van der Waals surface area (Å²) in [6.45, 7) is 3.66. The van der Waals surface area contributed by atoms with Crippen molar-refractivity contribution in [3.05, 3.63) is 37.0 Å². The van der Waals surface area contributed by atoms with Crippen molar-refractivity contribution in [2.75, 3.05) is 0 Å². The molecule has 96 valence electrons. The van der Waals surface area contributed by atoms with E-state index in [-0.39, 0.29) is 5.92 Å². The zero-order chi connectivity index (χ0) is 12.8. The molecule has 0 aromatic heterocycles. The number of rotatable bonds is 2. The van der Waals surface area contributed by atoms with E-state index in [2.05, 4.69) is 18.4 Å². The van der Waals surface area contributed by atoms with E-state index in [1.165, 1.54) is 32.1 Å². The van der Waals surface area contributed by atoms with Crippen molar-refractivity contribution in [1.29, 1.82) is 0 Å². The lowest BCUT2D eigenvalue weighted by Crippen LogP contribution is -2.40. The highest BCUT2D eigenvalue weighted by Gasteiger charge is 2.38. The van der Waals surface area contributed by atoms with Gasteiger partial charge in [0.25, 0.3) is 0 Å². The molecule has 1 fully saturated rings.